The van der Waals surface area contributed by atoms with Crippen LogP contribution in [0.3, 0.4) is 0 Å². The highest BCUT2D eigenvalue weighted by Crippen LogP contribution is 2.49. The van der Waals surface area contributed by atoms with Gasteiger partial charge in [-0.05, 0) is 57.6 Å². The standard InChI is InChI=1S/C16H19BBrNO2/c1-14(2)15(3,4)21-17(20-14)11-5-6-12(13(18)9-11)16(10-19)7-8-16/h5-6,9H,7-8H2,1-4H3. The molecule has 3 nitrogen and oxygen atoms in total. The van der Waals surface area contributed by atoms with Crippen LogP contribution in [0.15, 0.2) is 22.7 Å². The monoisotopic (exact) mass is 347 g/mol. The van der Waals surface area contributed by atoms with Gasteiger partial charge in [-0.3, -0.25) is 0 Å². The van der Waals surface area contributed by atoms with Crippen molar-refractivity contribution >= 4 is 28.5 Å². The minimum atomic E-state index is -0.363. The van der Waals surface area contributed by atoms with Crippen LogP contribution < -0.4 is 5.46 Å². The van der Waals surface area contributed by atoms with E-state index in [1.165, 1.54) is 0 Å². The highest BCUT2D eigenvalue weighted by Gasteiger charge is 2.52. The SMILES string of the molecule is CC1(C)OB(c2ccc(C3(C#N)CC3)c(Br)c2)OC1(C)C. The second kappa shape index (κ2) is 4.58. The molecule has 0 aromatic heterocycles. The molecule has 5 heteroatoms. The van der Waals surface area contributed by atoms with Gasteiger partial charge in [0, 0.05) is 4.47 Å². The molecule has 3 rings (SSSR count). The maximum Gasteiger partial charge on any atom is 0.494 e. The fraction of sp³-hybridized carbons (Fsp3) is 0.562. The van der Waals surface area contributed by atoms with Crippen LogP contribution in [0.2, 0.25) is 0 Å². The zero-order chi connectivity index (χ0) is 15.5. The lowest BCUT2D eigenvalue weighted by Gasteiger charge is -2.32. The Labute approximate surface area is 134 Å². The Morgan fingerprint density at radius 1 is 1.14 bits per heavy atom. The summed E-state index contributed by atoms with van der Waals surface area (Å²) in [5, 5.41) is 9.33. The Kier molecular flexibility index (Phi) is 3.29. The highest BCUT2D eigenvalue weighted by atomic mass is 79.9. The van der Waals surface area contributed by atoms with Crippen molar-refractivity contribution in [1.29, 1.82) is 5.26 Å². The zero-order valence-electron chi connectivity index (χ0n) is 12.9. The average molecular weight is 348 g/mol. The number of hydrogen-bond donors (Lipinski definition) is 0. The van der Waals surface area contributed by atoms with Crippen LogP contribution in [0.1, 0.15) is 46.1 Å². The minimum absolute atomic E-state index is 0.284. The molecule has 1 aromatic rings. The normalized spacial score (nSPS) is 24.7. The molecule has 0 bridgehead atoms. The summed E-state index contributed by atoms with van der Waals surface area (Å²) in [5.41, 5.74) is 1.09. The van der Waals surface area contributed by atoms with Gasteiger partial charge < -0.3 is 9.31 Å². The van der Waals surface area contributed by atoms with E-state index in [0.717, 1.165) is 28.3 Å². The van der Waals surface area contributed by atoms with Gasteiger partial charge in [-0.15, -0.1) is 0 Å². The van der Waals surface area contributed by atoms with E-state index < -0.39 is 0 Å². The number of halogens is 1. The topological polar surface area (TPSA) is 42.2 Å². The first-order chi connectivity index (χ1) is 9.71. The Bertz CT molecular complexity index is 616. The Balaban J connectivity index is 1.89. The van der Waals surface area contributed by atoms with E-state index in [1.807, 2.05) is 45.9 Å². The van der Waals surface area contributed by atoms with Crippen LogP contribution in [0.5, 0.6) is 0 Å². The lowest BCUT2D eigenvalue weighted by Crippen LogP contribution is -2.41. The Morgan fingerprint density at radius 2 is 1.71 bits per heavy atom. The summed E-state index contributed by atoms with van der Waals surface area (Å²) in [6.45, 7) is 8.19. The fourth-order valence-corrected chi connectivity index (χ4v) is 3.39. The molecule has 0 spiro atoms. The van der Waals surface area contributed by atoms with E-state index in [2.05, 4.69) is 22.0 Å². The molecule has 2 aliphatic rings. The predicted octanol–water partition coefficient (Wildman–Crippen LogP) is 3.30. The first-order valence-electron chi connectivity index (χ1n) is 7.28. The summed E-state index contributed by atoms with van der Waals surface area (Å²) in [6.07, 6.45) is 1.88. The lowest BCUT2D eigenvalue weighted by atomic mass is 9.78. The summed E-state index contributed by atoms with van der Waals surface area (Å²) in [4.78, 5) is 0. The van der Waals surface area contributed by atoms with Gasteiger partial charge >= 0.3 is 7.12 Å². The Morgan fingerprint density at radius 3 is 2.14 bits per heavy atom. The molecule has 1 aliphatic carbocycles. The second-order valence-electron chi connectivity index (χ2n) is 7.02. The quantitative estimate of drug-likeness (QED) is 0.771. The van der Waals surface area contributed by atoms with Crippen LogP contribution in [0.4, 0.5) is 0 Å². The molecule has 0 radical (unpaired) electrons. The number of rotatable bonds is 2. The smallest absolute Gasteiger partial charge is 0.399 e. The van der Waals surface area contributed by atoms with Gasteiger partial charge in [0.15, 0.2) is 0 Å². The highest BCUT2D eigenvalue weighted by molar-refractivity contribution is 9.10. The van der Waals surface area contributed by atoms with E-state index in [0.29, 0.717) is 0 Å². The number of nitriles is 1. The predicted molar refractivity (Wildman–Crippen MR) is 86.4 cm³/mol. The third-order valence-corrected chi connectivity index (χ3v) is 5.65. The molecule has 1 saturated heterocycles. The van der Waals surface area contributed by atoms with Crippen LogP contribution >= 0.6 is 15.9 Å². The summed E-state index contributed by atoms with van der Waals surface area (Å²) in [7, 11) is -0.363. The van der Waals surface area contributed by atoms with Crippen molar-refractivity contribution in [2.75, 3.05) is 0 Å². The van der Waals surface area contributed by atoms with Gasteiger partial charge in [-0.25, -0.2) is 0 Å². The largest absolute Gasteiger partial charge is 0.494 e. The number of hydrogen-bond acceptors (Lipinski definition) is 3. The van der Waals surface area contributed by atoms with Crippen molar-refractivity contribution < 1.29 is 9.31 Å². The number of nitrogens with zero attached hydrogens (tertiary/aromatic N) is 1. The van der Waals surface area contributed by atoms with E-state index in [9.17, 15) is 5.26 Å². The fourth-order valence-electron chi connectivity index (χ4n) is 2.61. The summed E-state index contributed by atoms with van der Waals surface area (Å²) < 4.78 is 13.1. The molecule has 1 aliphatic heterocycles. The van der Waals surface area contributed by atoms with Gasteiger partial charge in [-0.1, -0.05) is 28.1 Å². The molecular formula is C16H19BBrNO2. The van der Waals surface area contributed by atoms with Crippen molar-refractivity contribution in [1.82, 2.24) is 0 Å². The van der Waals surface area contributed by atoms with Crippen molar-refractivity contribution in [2.45, 2.75) is 57.2 Å². The molecule has 110 valence electrons. The zero-order valence-corrected chi connectivity index (χ0v) is 14.5. The molecule has 21 heavy (non-hydrogen) atoms. The molecule has 2 fully saturated rings. The second-order valence-corrected chi connectivity index (χ2v) is 7.88. The van der Waals surface area contributed by atoms with Gasteiger partial charge in [-0.2, -0.15) is 5.26 Å². The van der Waals surface area contributed by atoms with E-state index in [1.54, 1.807) is 0 Å². The molecule has 1 heterocycles. The van der Waals surface area contributed by atoms with Crippen LogP contribution in [-0.2, 0) is 14.7 Å². The third-order valence-electron chi connectivity index (χ3n) is 5.00. The van der Waals surface area contributed by atoms with Crippen molar-refractivity contribution in [2.24, 2.45) is 0 Å². The molecule has 0 amide bonds. The van der Waals surface area contributed by atoms with Crippen molar-refractivity contribution in [3.8, 4) is 6.07 Å². The van der Waals surface area contributed by atoms with Crippen molar-refractivity contribution in [3.05, 3.63) is 28.2 Å². The van der Waals surface area contributed by atoms with Crippen molar-refractivity contribution in [3.63, 3.8) is 0 Å². The van der Waals surface area contributed by atoms with E-state index in [4.69, 9.17) is 9.31 Å². The summed E-state index contributed by atoms with van der Waals surface area (Å²) in [6, 6.07) is 8.50. The average Bonchev–Trinajstić information content (AvgIpc) is 3.13. The Hall–Kier alpha value is -0.825. The van der Waals surface area contributed by atoms with Crippen LogP contribution in [0.25, 0.3) is 0 Å². The minimum Gasteiger partial charge on any atom is -0.399 e. The number of benzene rings is 1. The molecule has 0 atom stereocenters. The van der Waals surface area contributed by atoms with E-state index >= 15 is 0 Å². The summed E-state index contributed by atoms with van der Waals surface area (Å²) >= 11 is 3.61. The van der Waals surface area contributed by atoms with Gasteiger partial charge in [0.1, 0.15) is 0 Å². The molecule has 1 saturated carbocycles. The van der Waals surface area contributed by atoms with Gasteiger partial charge in [0.25, 0.3) is 0 Å². The van der Waals surface area contributed by atoms with Crippen LogP contribution in [0, 0.1) is 11.3 Å². The first kappa shape index (κ1) is 15.1. The molecular weight excluding hydrogens is 329 g/mol. The van der Waals surface area contributed by atoms with Gasteiger partial charge in [0.05, 0.1) is 22.7 Å². The van der Waals surface area contributed by atoms with Gasteiger partial charge in [0.2, 0.25) is 0 Å². The van der Waals surface area contributed by atoms with Crippen LogP contribution in [-0.4, -0.2) is 18.3 Å². The first-order valence-corrected chi connectivity index (χ1v) is 8.07. The summed E-state index contributed by atoms with van der Waals surface area (Å²) in [5.74, 6) is 0. The van der Waals surface area contributed by atoms with E-state index in [-0.39, 0.29) is 23.7 Å². The lowest BCUT2D eigenvalue weighted by molar-refractivity contribution is 0.00578. The maximum atomic E-state index is 9.33. The maximum absolute atomic E-state index is 9.33. The third kappa shape index (κ3) is 2.34. The molecule has 0 N–H and O–H groups in total. The molecule has 0 unspecified atom stereocenters. The molecule has 1 aromatic carbocycles.